The van der Waals surface area contributed by atoms with Crippen LogP contribution in [-0.2, 0) is 6.54 Å². The van der Waals surface area contributed by atoms with Gasteiger partial charge in [0.25, 0.3) is 0 Å². The standard InChI is InChI=1S/C16H17F2NO/c1-10-7-14(18)15(8-13(10)17)19-9-12-4-5-16(20-3)11(2)6-12/h4-8,19H,9H2,1-3H3. The van der Waals surface area contributed by atoms with Crippen molar-refractivity contribution in [2.24, 2.45) is 0 Å². The van der Waals surface area contributed by atoms with Gasteiger partial charge in [-0.15, -0.1) is 0 Å². The van der Waals surface area contributed by atoms with E-state index in [4.69, 9.17) is 4.74 Å². The number of benzene rings is 2. The molecule has 0 unspecified atom stereocenters. The smallest absolute Gasteiger partial charge is 0.146 e. The van der Waals surface area contributed by atoms with Gasteiger partial charge in [-0.1, -0.05) is 12.1 Å². The minimum atomic E-state index is -0.450. The zero-order valence-electron chi connectivity index (χ0n) is 11.8. The number of nitrogens with one attached hydrogen (secondary N) is 1. The number of ether oxygens (including phenoxy) is 1. The van der Waals surface area contributed by atoms with Gasteiger partial charge in [-0.25, -0.2) is 8.78 Å². The van der Waals surface area contributed by atoms with Gasteiger partial charge in [0.15, 0.2) is 0 Å². The third-order valence-electron chi connectivity index (χ3n) is 3.19. The molecule has 2 aromatic carbocycles. The van der Waals surface area contributed by atoms with E-state index in [9.17, 15) is 8.78 Å². The largest absolute Gasteiger partial charge is 0.496 e. The van der Waals surface area contributed by atoms with Crippen LogP contribution in [0.5, 0.6) is 5.75 Å². The molecule has 20 heavy (non-hydrogen) atoms. The maximum Gasteiger partial charge on any atom is 0.146 e. The summed E-state index contributed by atoms with van der Waals surface area (Å²) in [6, 6.07) is 8.08. The van der Waals surface area contributed by atoms with E-state index in [0.29, 0.717) is 12.1 Å². The molecule has 2 nitrogen and oxygen atoms in total. The normalized spacial score (nSPS) is 10.4. The Kier molecular flexibility index (Phi) is 4.23. The van der Waals surface area contributed by atoms with Crippen molar-refractivity contribution in [3.05, 3.63) is 58.7 Å². The van der Waals surface area contributed by atoms with Crippen LogP contribution in [0.1, 0.15) is 16.7 Å². The molecular weight excluding hydrogens is 260 g/mol. The van der Waals surface area contributed by atoms with Crippen molar-refractivity contribution in [2.75, 3.05) is 12.4 Å². The van der Waals surface area contributed by atoms with Crippen LogP contribution in [0.2, 0.25) is 0 Å². The molecule has 0 amide bonds. The Bertz CT molecular complexity index is 626. The van der Waals surface area contributed by atoms with E-state index in [1.165, 1.54) is 19.1 Å². The van der Waals surface area contributed by atoms with Crippen molar-refractivity contribution < 1.29 is 13.5 Å². The molecule has 2 rings (SSSR count). The van der Waals surface area contributed by atoms with Crippen molar-refractivity contribution in [3.63, 3.8) is 0 Å². The Hall–Kier alpha value is -2.10. The number of hydrogen-bond donors (Lipinski definition) is 1. The summed E-state index contributed by atoms with van der Waals surface area (Å²) in [5.41, 5.74) is 2.45. The van der Waals surface area contributed by atoms with Crippen LogP contribution in [0, 0.1) is 25.5 Å². The van der Waals surface area contributed by atoms with Crippen LogP contribution in [-0.4, -0.2) is 7.11 Å². The lowest BCUT2D eigenvalue weighted by Gasteiger charge is -2.11. The summed E-state index contributed by atoms with van der Waals surface area (Å²) >= 11 is 0. The summed E-state index contributed by atoms with van der Waals surface area (Å²) in [5.74, 6) is -0.0599. The fourth-order valence-electron chi connectivity index (χ4n) is 2.03. The molecule has 0 aliphatic rings. The first-order chi connectivity index (χ1) is 9.51. The zero-order chi connectivity index (χ0) is 14.7. The van der Waals surface area contributed by atoms with Crippen LogP contribution in [0.15, 0.2) is 30.3 Å². The molecule has 0 aliphatic carbocycles. The van der Waals surface area contributed by atoms with Crippen molar-refractivity contribution in [3.8, 4) is 5.75 Å². The van der Waals surface area contributed by atoms with E-state index in [-0.39, 0.29) is 5.69 Å². The average Bonchev–Trinajstić information content (AvgIpc) is 2.41. The first-order valence-corrected chi connectivity index (χ1v) is 6.34. The van der Waals surface area contributed by atoms with Crippen molar-refractivity contribution in [2.45, 2.75) is 20.4 Å². The molecule has 106 valence electrons. The molecule has 0 atom stereocenters. The molecule has 0 bridgehead atoms. The van der Waals surface area contributed by atoms with Crippen LogP contribution in [0.4, 0.5) is 14.5 Å². The highest BCUT2D eigenvalue weighted by Gasteiger charge is 2.07. The summed E-state index contributed by atoms with van der Waals surface area (Å²) in [6.07, 6.45) is 0. The minimum Gasteiger partial charge on any atom is -0.496 e. The summed E-state index contributed by atoms with van der Waals surface area (Å²) < 4.78 is 32.3. The van der Waals surface area contributed by atoms with Crippen molar-refractivity contribution in [1.82, 2.24) is 0 Å². The fraction of sp³-hybridized carbons (Fsp3) is 0.250. The third-order valence-corrected chi connectivity index (χ3v) is 3.19. The van der Waals surface area contributed by atoms with Gasteiger partial charge in [0, 0.05) is 12.6 Å². The lowest BCUT2D eigenvalue weighted by atomic mass is 10.1. The van der Waals surface area contributed by atoms with Crippen LogP contribution < -0.4 is 10.1 Å². The summed E-state index contributed by atoms with van der Waals surface area (Å²) in [7, 11) is 1.62. The minimum absolute atomic E-state index is 0.168. The SMILES string of the molecule is COc1ccc(CNc2cc(F)c(C)cc2F)cc1C. The lowest BCUT2D eigenvalue weighted by molar-refractivity contribution is 0.411. The molecule has 4 heteroatoms. The monoisotopic (exact) mass is 277 g/mol. The molecule has 1 N–H and O–H groups in total. The molecular formula is C16H17F2NO. The Morgan fingerprint density at radius 3 is 2.40 bits per heavy atom. The Labute approximate surface area is 117 Å². The molecule has 0 saturated heterocycles. The predicted octanol–water partition coefficient (Wildman–Crippen LogP) is 4.20. The Morgan fingerprint density at radius 1 is 1.00 bits per heavy atom. The van der Waals surface area contributed by atoms with E-state index in [1.807, 2.05) is 25.1 Å². The second-order valence-corrected chi connectivity index (χ2v) is 4.74. The third kappa shape index (κ3) is 3.07. The van der Waals surface area contributed by atoms with Gasteiger partial charge < -0.3 is 10.1 Å². The summed E-state index contributed by atoms with van der Waals surface area (Å²) in [4.78, 5) is 0. The molecule has 0 saturated carbocycles. The highest BCUT2D eigenvalue weighted by Crippen LogP contribution is 2.22. The highest BCUT2D eigenvalue weighted by molar-refractivity contribution is 5.48. The number of halogens is 2. The van der Waals surface area contributed by atoms with Crippen LogP contribution in [0.3, 0.4) is 0 Å². The van der Waals surface area contributed by atoms with Gasteiger partial charge in [0.2, 0.25) is 0 Å². The topological polar surface area (TPSA) is 21.3 Å². The second-order valence-electron chi connectivity index (χ2n) is 4.74. The number of methoxy groups -OCH3 is 1. The van der Waals surface area contributed by atoms with Gasteiger partial charge in [-0.2, -0.15) is 0 Å². The second kappa shape index (κ2) is 5.90. The fourth-order valence-corrected chi connectivity index (χ4v) is 2.03. The van der Waals surface area contributed by atoms with Gasteiger partial charge >= 0.3 is 0 Å². The first-order valence-electron chi connectivity index (χ1n) is 6.34. The van der Waals surface area contributed by atoms with Gasteiger partial charge in [-0.3, -0.25) is 0 Å². The van der Waals surface area contributed by atoms with Crippen LogP contribution in [0.25, 0.3) is 0 Å². The predicted molar refractivity (Wildman–Crippen MR) is 76.2 cm³/mol. The summed E-state index contributed by atoms with van der Waals surface area (Å²) in [5, 5.41) is 2.91. The number of rotatable bonds is 4. The molecule has 0 radical (unpaired) electrons. The van der Waals surface area contributed by atoms with E-state index >= 15 is 0 Å². The number of hydrogen-bond acceptors (Lipinski definition) is 2. The van der Waals surface area contributed by atoms with E-state index in [1.54, 1.807) is 7.11 Å². The zero-order valence-corrected chi connectivity index (χ0v) is 11.8. The maximum absolute atomic E-state index is 13.7. The molecule has 0 heterocycles. The molecule has 0 aromatic heterocycles. The highest BCUT2D eigenvalue weighted by atomic mass is 19.1. The van der Waals surface area contributed by atoms with E-state index in [0.717, 1.165) is 16.9 Å². The Morgan fingerprint density at radius 2 is 1.75 bits per heavy atom. The number of anilines is 1. The number of aryl methyl sites for hydroxylation is 2. The molecule has 2 aromatic rings. The quantitative estimate of drug-likeness (QED) is 0.904. The van der Waals surface area contributed by atoms with Crippen molar-refractivity contribution in [1.29, 1.82) is 0 Å². The Balaban J connectivity index is 2.13. The van der Waals surface area contributed by atoms with Crippen LogP contribution >= 0.6 is 0 Å². The van der Waals surface area contributed by atoms with Gasteiger partial charge in [0.1, 0.15) is 17.4 Å². The first kappa shape index (κ1) is 14.3. The van der Waals surface area contributed by atoms with E-state index < -0.39 is 11.6 Å². The summed E-state index contributed by atoms with van der Waals surface area (Å²) in [6.45, 7) is 3.90. The molecule has 0 aliphatic heterocycles. The van der Waals surface area contributed by atoms with Crippen molar-refractivity contribution >= 4 is 5.69 Å². The van der Waals surface area contributed by atoms with Gasteiger partial charge in [-0.05, 0) is 42.7 Å². The average molecular weight is 277 g/mol. The molecule has 0 fully saturated rings. The van der Waals surface area contributed by atoms with Gasteiger partial charge in [0.05, 0.1) is 12.8 Å². The molecule has 0 spiro atoms. The van der Waals surface area contributed by atoms with E-state index in [2.05, 4.69) is 5.32 Å². The maximum atomic E-state index is 13.7. The lowest BCUT2D eigenvalue weighted by Crippen LogP contribution is -2.03.